The van der Waals surface area contributed by atoms with Crippen molar-refractivity contribution in [3.8, 4) is 0 Å². The number of carbonyl (C=O) groups excluding carboxylic acids is 1. The summed E-state index contributed by atoms with van der Waals surface area (Å²) < 4.78 is 4.86. The number of nitrogens with one attached hydrogen (secondary N) is 1. The Hall–Kier alpha value is -1.71. The van der Waals surface area contributed by atoms with Gasteiger partial charge in [0.1, 0.15) is 0 Å². The highest BCUT2D eigenvalue weighted by Gasteiger charge is 2.21. The number of halogens is 2. The van der Waals surface area contributed by atoms with Gasteiger partial charge in [0.15, 0.2) is 6.04 Å². The highest BCUT2D eigenvalue weighted by molar-refractivity contribution is 6.31. The van der Waals surface area contributed by atoms with Gasteiger partial charge in [-0.05, 0) is 48.4 Å². The molecule has 3 nitrogen and oxygen atoms in total. The lowest BCUT2D eigenvalue weighted by Crippen LogP contribution is -2.22. The molecule has 0 saturated carbocycles. The number of methoxy groups -OCH3 is 1. The smallest absolute Gasteiger partial charge is 0.332 e. The van der Waals surface area contributed by atoms with Crippen LogP contribution in [0.25, 0.3) is 0 Å². The summed E-state index contributed by atoms with van der Waals surface area (Å²) in [7, 11) is 1.36. The van der Waals surface area contributed by atoms with E-state index < -0.39 is 6.04 Å². The van der Waals surface area contributed by atoms with E-state index in [4.69, 9.17) is 27.9 Å². The Morgan fingerprint density at radius 2 is 1.81 bits per heavy atom. The molecule has 0 saturated heterocycles. The molecule has 21 heavy (non-hydrogen) atoms. The fourth-order valence-corrected chi connectivity index (χ4v) is 2.21. The Morgan fingerprint density at radius 1 is 1.14 bits per heavy atom. The number of hydrogen-bond acceptors (Lipinski definition) is 3. The van der Waals surface area contributed by atoms with Crippen LogP contribution < -0.4 is 5.32 Å². The maximum Gasteiger partial charge on any atom is 0.332 e. The fourth-order valence-electron chi connectivity index (χ4n) is 1.90. The summed E-state index contributed by atoms with van der Waals surface area (Å²) in [6, 6.07) is 12.0. The van der Waals surface area contributed by atoms with Crippen LogP contribution in [-0.4, -0.2) is 13.1 Å². The molecule has 0 aliphatic rings. The average Bonchev–Trinajstić information content (AvgIpc) is 2.49. The van der Waals surface area contributed by atoms with Gasteiger partial charge in [0.25, 0.3) is 0 Å². The first kappa shape index (κ1) is 15.7. The van der Waals surface area contributed by atoms with Gasteiger partial charge in [0, 0.05) is 15.7 Å². The van der Waals surface area contributed by atoms with Crippen LogP contribution in [0.3, 0.4) is 0 Å². The van der Waals surface area contributed by atoms with Gasteiger partial charge < -0.3 is 10.1 Å². The molecule has 0 radical (unpaired) electrons. The lowest BCUT2D eigenvalue weighted by molar-refractivity contribution is -0.141. The van der Waals surface area contributed by atoms with Gasteiger partial charge in [-0.2, -0.15) is 0 Å². The zero-order valence-corrected chi connectivity index (χ0v) is 13.2. The first-order chi connectivity index (χ1) is 10.0. The van der Waals surface area contributed by atoms with E-state index in [0.717, 1.165) is 16.8 Å². The molecular formula is C16H15Cl2NO2. The van der Waals surface area contributed by atoms with Crippen molar-refractivity contribution in [3.05, 3.63) is 63.6 Å². The third-order valence-electron chi connectivity index (χ3n) is 3.12. The number of benzene rings is 2. The number of rotatable bonds is 4. The summed E-state index contributed by atoms with van der Waals surface area (Å²) in [6.07, 6.45) is 0. The zero-order chi connectivity index (χ0) is 15.4. The standard InChI is InChI=1S/C16H15Cl2NO2/c1-10-3-4-11(9-14(10)18)15(16(20)21-2)19-13-7-5-12(17)6-8-13/h3-9,15,19H,1-2H3. The van der Waals surface area contributed by atoms with E-state index in [9.17, 15) is 4.79 Å². The average molecular weight is 324 g/mol. The van der Waals surface area contributed by atoms with Crippen LogP contribution in [0.1, 0.15) is 17.2 Å². The van der Waals surface area contributed by atoms with Crippen LogP contribution in [0.2, 0.25) is 10.0 Å². The predicted molar refractivity (Wildman–Crippen MR) is 86.0 cm³/mol. The first-order valence-corrected chi connectivity index (χ1v) is 7.13. The van der Waals surface area contributed by atoms with Gasteiger partial charge in [-0.25, -0.2) is 4.79 Å². The van der Waals surface area contributed by atoms with Crippen molar-refractivity contribution in [2.75, 3.05) is 12.4 Å². The van der Waals surface area contributed by atoms with Gasteiger partial charge >= 0.3 is 5.97 Å². The fraction of sp³-hybridized carbons (Fsp3) is 0.188. The Balaban J connectivity index is 2.31. The van der Waals surface area contributed by atoms with Gasteiger partial charge in [0.2, 0.25) is 0 Å². The van der Waals surface area contributed by atoms with Crippen LogP contribution in [-0.2, 0) is 9.53 Å². The van der Waals surface area contributed by atoms with E-state index in [1.54, 1.807) is 30.3 Å². The van der Waals surface area contributed by atoms with Gasteiger partial charge in [-0.15, -0.1) is 0 Å². The summed E-state index contributed by atoms with van der Waals surface area (Å²) in [5, 5.41) is 4.37. The molecule has 0 spiro atoms. The lowest BCUT2D eigenvalue weighted by Gasteiger charge is -2.18. The first-order valence-electron chi connectivity index (χ1n) is 6.37. The van der Waals surface area contributed by atoms with E-state index in [-0.39, 0.29) is 5.97 Å². The molecular weight excluding hydrogens is 309 g/mol. The minimum atomic E-state index is -0.630. The molecule has 0 aromatic heterocycles. The molecule has 0 bridgehead atoms. The van der Waals surface area contributed by atoms with E-state index >= 15 is 0 Å². The molecule has 0 heterocycles. The Kier molecular flexibility index (Phi) is 5.10. The maximum absolute atomic E-state index is 12.0. The van der Waals surface area contributed by atoms with Crippen LogP contribution in [0.5, 0.6) is 0 Å². The molecule has 0 amide bonds. The van der Waals surface area contributed by atoms with Crippen molar-refractivity contribution in [2.45, 2.75) is 13.0 Å². The van der Waals surface area contributed by atoms with Gasteiger partial charge in [0.05, 0.1) is 7.11 Å². The molecule has 0 aliphatic heterocycles. The molecule has 110 valence electrons. The number of ether oxygens (including phenoxy) is 1. The van der Waals surface area contributed by atoms with Crippen molar-refractivity contribution in [2.24, 2.45) is 0 Å². The third kappa shape index (κ3) is 3.90. The summed E-state index contributed by atoms with van der Waals surface area (Å²) in [6.45, 7) is 1.91. The van der Waals surface area contributed by atoms with Crippen LogP contribution in [0.15, 0.2) is 42.5 Å². The van der Waals surface area contributed by atoms with Crippen molar-refractivity contribution in [1.29, 1.82) is 0 Å². The molecule has 0 fully saturated rings. The second-order valence-corrected chi connectivity index (χ2v) is 5.46. The molecule has 2 aromatic rings. The minimum Gasteiger partial charge on any atom is -0.467 e. The topological polar surface area (TPSA) is 38.3 Å². The Labute approximate surface area is 133 Å². The van der Waals surface area contributed by atoms with E-state index in [2.05, 4.69) is 5.32 Å². The lowest BCUT2D eigenvalue weighted by atomic mass is 10.0. The number of aryl methyl sites for hydroxylation is 1. The zero-order valence-electron chi connectivity index (χ0n) is 11.7. The van der Waals surface area contributed by atoms with Gasteiger partial charge in [-0.3, -0.25) is 0 Å². The van der Waals surface area contributed by atoms with Crippen molar-refractivity contribution < 1.29 is 9.53 Å². The predicted octanol–water partition coefficient (Wildman–Crippen LogP) is 4.63. The normalized spacial score (nSPS) is 11.8. The minimum absolute atomic E-state index is 0.384. The quantitative estimate of drug-likeness (QED) is 0.834. The Morgan fingerprint density at radius 3 is 2.38 bits per heavy atom. The SMILES string of the molecule is COC(=O)C(Nc1ccc(Cl)cc1)c1ccc(C)c(Cl)c1. The molecule has 5 heteroatoms. The summed E-state index contributed by atoms with van der Waals surface area (Å²) in [5.74, 6) is -0.384. The van der Waals surface area contributed by atoms with Crippen LogP contribution in [0.4, 0.5) is 5.69 Å². The van der Waals surface area contributed by atoms with E-state index in [1.165, 1.54) is 7.11 Å². The molecule has 1 atom stereocenters. The number of anilines is 1. The molecule has 2 aromatic carbocycles. The second kappa shape index (κ2) is 6.83. The highest BCUT2D eigenvalue weighted by atomic mass is 35.5. The highest BCUT2D eigenvalue weighted by Crippen LogP contribution is 2.26. The van der Waals surface area contributed by atoms with Gasteiger partial charge in [-0.1, -0.05) is 35.3 Å². The monoisotopic (exact) mass is 323 g/mol. The van der Waals surface area contributed by atoms with Crippen molar-refractivity contribution in [1.82, 2.24) is 0 Å². The summed E-state index contributed by atoms with van der Waals surface area (Å²) in [5.41, 5.74) is 2.47. The Bertz CT molecular complexity index is 641. The molecule has 0 aliphatic carbocycles. The van der Waals surface area contributed by atoms with Crippen molar-refractivity contribution >= 4 is 34.9 Å². The summed E-state index contributed by atoms with van der Waals surface area (Å²) >= 11 is 12.0. The third-order valence-corrected chi connectivity index (χ3v) is 3.78. The molecule has 1 unspecified atom stereocenters. The van der Waals surface area contributed by atoms with E-state index in [1.807, 2.05) is 19.1 Å². The van der Waals surface area contributed by atoms with Crippen LogP contribution >= 0.6 is 23.2 Å². The molecule has 1 N–H and O–H groups in total. The second-order valence-electron chi connectivity index (χ2n) is 4.62. The number of esters is 1. The number of carbonyl (C=O) groups is 1. The number of hydrogen-bond donors (Lipinski definition) is 1. The molecule has 2 rings (SSSR count). The van der Waals surface area contributed by atoms with E-state index in [0.29, 0.717) is 10.0 Å². The maximum atomic E-state index is 12.0. The summed E-state index contributed by atoms with van der Waals surface area (Å²) in [4.78, 5) is 12.0. The van der Waals surface area contributed by atoms with Crippen molar-refractivity contribution in [3.63, 3.8) is 0 Å². The van der Waals surface area contributed by atoms with Crippen LogP contribution in [0, 0.1) is 6.92 Å². The largest absolute Gasteiger partial charge is 0.467 e.